The summed E-state index contributed by atoms with van der Waals surface area (Å²) in [6, 6.07) is 77.2. The number of fused-ring (bicyclic) bond motifs is 4. The zero-order valence-electron chi connectivity index (χ0n) is 29.6. The molecule has 54 heavy (non-hydrogen) atoms. The Balaban J connectivity index is 1.09. The number of hydrogen-bond donors (Lipinski definition) is 0. The topological polar surface area (TPSA) is 3.24 Å². The van der Waals surface area contributed by atoms with Gasteiger partial charge in [0.2, 0.25) is 0 Å². The molecule has 0 N–H and O–H groups in total. The second kappa shape index (κ2) is 13.7. The molecule has 0 saturated heterocycles. The molecule has 1 heterocycles. The first kappa shape index (κ1) is 32.0. The Kier molecular flexibility index (Phi) is 8.09. The third kappa shape index (κ3) is 5.93. The van der Waals surface area contributed by atoms with Crippen LogP contribution in [0.2, 0.25) is 0 Å². The molecule has 0 spiro atoms. The van der Waals surface area contributed by atoms with Gasteiger partial charge in [0.1, 0.15) is 0 Å². The Morgan fingerprint density at radius 3 is 1.69 bits per heavy atom. The summed E-state index contributed by atoms with van der Waals surface area (Å²) >= 11 is 1.86. The van der Waals surface area contributed by atoms with E-state index in [1.807, 2.05) is 11.3 Å². The van der Waals surface area contributed by atoms with Gasteiger partial charge >= 0.3 is 0 Å². The first-order chi connectivity index (χ1) is 26.7. The van der Waals surface area contributed by atoms with Crippen LogP contribution in [-0.2, 0) is 0 Å². The SMILES string of the molecule is c1ccc(-c2ccc(-c3ccc(N(c4cccc(-c5ccc6sc7ccccc7c6c5)c4)c4ccccc4-c4ccc5ccccc5c4)cc3)cc2)cc1. The van der Waals surface area contributed by atoms with Crippen molar-refractivity contribution in [1.29, 1.82) is 0 Å². The quantitative estimate of drug-likeness (QED) is 0.160. The van der Waals surface area contributed by atoms with E-state index in [4.69, 9.17) is 0 Å². The van der Waals surface area contributed by atoms with Crippen molar-refractivity contribution < 1.29 is 0 Å². The van der Waals surface area contributed by atoms with E-state index in [-0.39, 0.29) is 0 Å². The van der Waals surface area contributed by atoms with E-state index in [2.05, 4.69) is 217 Å². The Morgan fingerprint density at radius 2 is 0.870 bits per heavy atom. The van der Waals surface area contributed by atoms with Gasteiger partial charge in [-0.15, -0.1) is 11.3 Å². The molecular formula is C52H35NS. The zero-order chi connectivity index (χ0) is 35.8. The average molecular weight is 706 g/mol. The van der Waals surface area contributed by atoms with Gasteiger partial charge in [0.25, 0.3) is 0 Å². The summed E-state index contributed by atoms with van der Waals surface area (Å²) in [6.07, 6.45) is 0. The third-order valence-electron chi connectivity index (χ3n) is 10.5. The molecule has 0 aliphatic rings. The summed E-state index contributed by atoms with van der Waals surface area (Å²) in [4.78, 5) is 2.41. The second-order valence-electron chi connectivity index (χ2n) is 13.8. The first-order valence-electron chi connectivity index (χ1n) is 18.4. The molecule has 0 bridgehead atoms. The van der Waals surface area contributed by atoms with Gasteiger partial charge in [0.15, 0.2) is 0 Å². The normalized spacial score (nSPS) is 11.3. The minimum atomic E-state index is 1.10. The Labute approximate surface area is 319 Å². The highest BCUT2D eigenvalue weighted by atomic mass is 32.1. The lowest BCUT2D eigenvalue weighted by molar-refractivity contribution is 1.28. The number of nitrogens with zero attached hydrogens (tertiary/aromatic N) is 1. The van der Waals surface area contributed by atoms with Crippen LogP contribution in [0.4, 0.5) is 17.1 Å². The molecule has 0 atom stereocenters. The van der Waals surface area contributed by atoms with Gasteiger partial charge in [-0.1, -0.05) is 158 Å². The highest BCUT2D eigenvalue weighted by Crippen LogP contribution is 2.43. The molecule has 9 aromatic carbocycles. The Bertz CT molecular complexity index is 2920. The summed E-state index contributed by atoms with van der Waals surface area (Å²) < 4.78 is 2.64. The first-order valence-corrected chi connectivity index (χ1v) is 19.2. The number of benzene rings is 9. The van der Waals surface area contributed by atoms with E-state index in [0.717, 1.165) is 17.1 Å². The van der Waals surface area contributed by atoms with Crippen molar-refractivity contribution in [2.45, 2.75) is 0 Å². The molecule has 0 fully saturated rings. The Morgan fingerprint density at radius 1 is 0.296 bits per heavy atom. The Hall–Kier alpha value is -6.74. The predicted molar refractivity (Wildman–Crippen MR) is 233 cm³/mol. The van der Waals surface area contributed by atoms with E-state index in [1.165, 1.54) is 75.5 Å². The summed E-state index contributed by atoms with van der Waals surface area (Å²) in [5, 5.41) is 5.10. The van der Waals surface area contributed by atoms with E-state index in [9.17, 15) is 0 Å². The van der Waals surface area contributed by atoms with Crippen molar-refractivity contribution in [3.8, 4) is 44.5 Å². The maximum Gasteiger partial charge on any atom is 0.0540 e. The lowest BCUT2D eigenvalue weighted by Gasteiger charge is -2.28. The van der Waals surface area contributed by atoms with Gasteiger partial charge in [-0.05, 0) is 104 Å². The van der Waals surface area contributed by atoms with Crippen molar-refractivity contribution >= 4 is 59.3 Å². The fraction of sp³-hybridized carbons (Fsp3) is 0. The molecule has 254 valence electrons. The van der Waals surface area contributed by atoms with Crippen LogP contribution in [0.3, 0.4) is 0 Å². The molecule has 1 aromatic heterocycles. The fourth-order valence-electron chi connectivity index (χ4n) is 7.72. The van der Waals surface area contributed by atoms with Crippen LogP contribution in [-0.4, -0.2) is 0 Å². The van der Waals surface area contributed by atoms with Crippen LogP contribution in [0, 0.1) is 0 Å². The molecule has 2 heteroatoms. The molecule has 0 aliphatic heterocycles. The molecule has 1 nitrogen and oxygen atoms in total. The molecule has 0 amide bonds. The highest BCUT2D eigenvalue weighted by Gasteiger charge is 2.18. The summed E-state index contributed by atoms with van der Waals surface area (Å²) in [5.41, 5.74) is 12.9. The summed E-state index contributed by atoms with van der Waals surface area (Å²) in [7, 11) is 0. The van der Waals surface area contributed by atoms with E-state index >= 15 is 0 Å². The fourth-order valence-corrected chi connectivity index (χ4v) is 8.80. The lowest BCUT2D eigenvalue weighted by atomic mass is 9.97. The minimum Gasteiger partial charge on any atom is -0.310 e. The maximum absolute atomic E-state index is 2.41. The number of hydrogen-bond acceptors (Lipinski definition) is 2. The van der Waals surface area contributed by atoms with Crippen LogP contribution in [0.15, 0.2) is 212 Å². The van der Waals surface area contributed by atoms with Crippen LogP contribution < -0.4 is 4.90 Å². The van der Waals surface area contributed by atoms with Crippen LogP contribution >= 0.6 is 11.3 Å². The second-order valence-corrected chi connectivity index (χ2v) is 14.8. The van der Waals surface area contributed by atoms with Gasteiger partial charge in [-0.3, -0.25) is 0 Å². The number of thiophene rings is 1. The maximum atomic E-state index is 2.41. The van der Waals surface area contributed by atoms with Crippen molar-refractivity contribution in [2.75, 3.05) is 4.90 Å². The molecular weight excluding hydrogens is 671 g/mol. The smallest absolute Gasteiger partial charge is 0.0540 e. The summed E-state index contributed by atoms with van der Waals surface area (Å²) in [5.74, 6) is 0. The number of anilines is 3. The van der Waals surface area contributed by atoms with Crippen LogP contribution in [0.25, 0.3) is 75.5 Å². The van der Waals surface area contributed by atoms with E-state index < -0.39 is 0 Å². The monoisotopic (exact) mass is 705 g/mol. The van der Waals surface area contributed by atoms with Crippen LogP contribution in [0.5, 0.6) is 0 Å². The van der Waals surface area contributed by atoms with Gasteiger partial charge in [0.05, 0.1) is 5.69 Å². The van der Waals surface area contributed by atoms with Crippen molar-refractivity contribution in [3.63, 3.8) is 0 Å². The number of rotatable bonds is 7. The predicted octanol–water partition coefficient (Wildman–Crippen LogP) is 15.3. The van der Waals surface area contributed by atoms with Gasteiger partial charge in [-0.25, -0.2) is 0 Å². The molecule has 0 aliphatic carbocycles. The van der Waals surface area contributed by atoms with Crippen molar-refractivity contribution in [1.82, 2.24) is 0 Å². The van der Waals surface area contributed by atoms with Crippen LogP contribution in [0.1, 0.15) is 0 Å². The van der Waals surface area contributed by atoms with Gasteiger partial charge in [0, 0.05) is 37.1 Å². The number of para-hydroxylation sites is 1. The molecule has 0 saturated carbocycles. The largest absolute Gasteiger partial charge is 0.310 e. The molecule has 0 unspecified atom stereocenters. The molecule has 10 rings (SSSR count). The van der Waals surface area contributed by atoms with E-state index in [0.29, 0.717) is 0 Å². The molecule has 0 radical (unpaired) electrons. The zero-order valence-corrected chi connectivity index (χ0v) is 30.4. The van der Waals surface area contributed by atoms with E-state index in [1.54, 1.807) is 0 Å². The minimum absolute atomic E-state index is 1.10. The third-order valence-corrected chi connectivity index (χ3v) is 11.6. The summed E-state index contributed by atoms with van der Waals surface area (Å²) in [6.45, 7) is 0. The van der Waals surface area contributed by atoms with Gasteiger partial charge < -0.3 is 4.90 Å². The standard InChI is InChI=1S/C52H35NS/c1-2-11-36(12-3-1)38-21-23-39(24-22-38)40-27-30-45(31-28-40)53(50-19-8-6-17-47(50)44-26-25-37-13-4-5-14-41(37)33-44)46-16-10-15-42(34-46)43-29-32-52-49(35-43)48-18-7-9-20-51(48)54-52/h1-35H. The van der Waals surface area contributed by atoms with Gasteiger partial charge in [-0.2, -0.15) is 0 Å². The lowest BCUT2D eigenvalue weighted by Crippen LogP contribution is -2.11. The van der Waals surface area contributed by atoms with Crippen molar-refractivity contribution in [2.24, 2.45) is 0 Å². The van der Waals surface area contributed by atoms with Crippen molar-refractivity contribution in [3.05, 3.63) is 212 Å². The molecule has 10 aromatic rings. The highest BCUT2D eigenvalue weighted by molar-refractivity contribution is 7.25. The average Bonchev–Trinajstić information content (AvgIpc) is 3.63.